The first-order chi connectivity index (χ1) is 11.3. The Morgan fingerprint density at radius 3 is 3.17 bits per heavy atom. The molecule has 23 heavy (non-hydrogen) atoms. The van der Waals surface area contributed by atoms with Crippen LogP contribution in [0.1, 0.15) is 37.5 Å². The van der Waals surface area contributed by atoms with Gasteiger partial charge in [0.05, 0.1) is 19.5 Å². The van der Waals surface area contributed by atoms with E-state index in [1.54, 1.807) is 12.5 Å². The lowest BCUT2D eigenvalue weighted by Gasteiger charge is -2.31. The molecule has 1 saturated heterocycles. The first-order valence-electron chi connectivity index (χ1n) is 8.02. The monoisotopic (exact) mass is 318 g/mol. The van der Waals surface area contributed by atoms with Crippen LogP contribution in [-0.4, -0.2) is 55.2 Å². The van der Waals surface area contributed by atoms with Gasteiger partial charge in [-0.2, -0.15) is 5.10 Å². The lowest BCUT2D eigenvalue weighted by Crippen LogP contribution is -2.42. The summed E-state index contributed by atoms with van der Waals surface area (Å²) >= 11 is 0. The van der Waals surface area contributed by atoms with E-state index in [4.69, 9.17) is 4.74 Å². The highest BCUT2D eigenvalue weighted by Gasteiger charge is 2.27. The van der Waals surface area contributed by atoms with Gasteiger partial charge in [0.25, 0.3) is 0 Å². The van der Waals surface area contributed by atoms with E-state index in [2.05, 4.69) is 20.2 Å². The predicted molar refractivity (Wildman–Crippen MR) is 82.5 cm³/mol. The number of hydrogen-bond donors (Lipinski definition) is 1. The number of ether oxygens (including phenoxy) is 1. The van der Waals surface area contributed by atoms with E-state index in [0.29, 0.717) is 31.9 Å². The van der Waals surface area contributed by atoms with E-state index in [1.165, 1.54) is 0 Å². The summed E-state index contributed by atoms with van der Waals surface area (Å²) in [6.07, 6.45) is 7.31. The number of morpholine rings is 1. The van der Waals surface area contributed by atoms with E-state index >= 15 is 0 Å². The summed E-state index contributed by atoms with van der Waals surface area (Å²) in [4.78, 5) is 22.6. The van der Waals surface area contributed by atoms with Gasteiger partial charge in [0.2, 0.25) is 5.91 Å². The van der Waals surface area contributed by atoms with Gasteiger partial charge in [-0.3, -0.25) is 9.89 Å². The molecular weight excluding hydrogens is 296 g/mol. The summed E-state index contributed by atoms with van der Waals surface area (Å²) in [6.45, 7) is 4.49. The van der Waals surface area contributed by atoms with Crippen LogP contribution in [0.5, 0.6) is 0 Å². The van der Waals surface area contributed by atoms with E-state index in [-0.39, 0.29) is 12.0 Å². The van der Waals surface area contributed by atoms with Gasteiger partial charge in [-0.25, -0.2) is 9.97 Å². The number of aryl methyl sites for hydroxylation is 2. The van der Waals surface area contributed by atoms with Gasteiger partial charge in [-0.15, -0.1) is 0 Å². The molecule has 8 heteroatoms. The highest BCUT2D eigenvalue weighted by atomic mass is 16.5. The Balaban J connectivity index is 1.50. The van der Waals surface area contributed by atoms with Gasteiger partial charge >= 0.3 is 0 Å². The second-order valence-corrected chi connectivity index (χ2v) is 5.60. The zero-order valence-electron chi connectivity index (χ0n) is 13.3. The summed E-state index contributed by atoms with van der Waals surface area (Å²) in [5, 5.41) is 7.08. The van der Waals surface area contributed by atoms with Crippen molar-refractivity contribution in [2.45, 2.75) is 38.8 Å². The number of nitrogens with one attached hydrogen (secondary N) is 1. The Kier molecular flexibility index (Phi) is 5.02. The summed E-state index contributed by atoms with van der Waals surface area (Å²) < 4.78 is 7.70. The molecule has 1 fully saturated rings. The average Bonchev–Trinajstić information content (AvgIpc) is 3.26. The Bertz CT molecular complexity index is 624. The smallest absolute Gasteiger partial charge is 0.222 e. The lowest BCUT2D eigenvalue weighted by atomic mass is 10.2. The van der Waals surface area contributed by atoms with Crippen LogP contribution in [0.3, 0.4) is 0 Å². The normalized spacial score (nSPS) is 18.3. The third-order valence-corrected chi connectivity index (χ3v) is 3.96. The van der Waals surface area contributed by atoms with Gasteiger partial charge in [0.15, 0.2) is 5.82 Å². The summed E-state index contributed by atoms with van der Waals surface area (Å²) in [5.41, 5.74) is 0. The fraction of sp³-hybridized carbons (Fsp3) is 0.600. The quantitative estimate of drug-likeness (QED) is 0.856. The van der Waals surface area contributed by atoms with Crippen molar-refractivity contribution in [3.8, 4) is 0 Å². The maximum Gasteiger partial charge on any atom is 0.222 e. The van der Waals surface area contributed by atoms with Gasteiger partial charge in [-0.1, -0.05) is 6.92 Å². The number of hydrogen-bond acceptors (Lipinski definition) is 5. The minimum atomic E-state index is -0.238. The molecule has 3 heterocycles. The Morgan fingerprint density at radius 1 is 1.52 bits per heavy atom. The van der Waals surface area contributed by atoms with Crippen LogP contribution < -0.4 is 0 Å². The molecule has 2 aromatic rings. The third kappa shape index (κ3) is 3.95. The Morgan fingerprint density at radius 2 is 2.43 bits per heavy atom. The first-order valence-corrected chi connectivity index (χ1v) is 8.02. The summed E-state index contributed by atoms with van der Waals surface area (Å²) in [7, 11) is 0. The lowest BCUT2D eigenvalue weighted by molar-refractivity contribution is -0.139. The van der Waals surface area contributed by atoms with Crippen LogP contribution in [0.2, 0.25) is 0 Å². The van der Waals surface area contributed by atoms with Crippen molar-refractivity contribution >= 4 is 5.91 Å². The largest absolute Gasteiger partial charge is 0.366 e. The predicted octanol–water partition coefficient (Wildman–Crippen LogP) is 0.944. The van der Waals surface area contributed by atoms with E-state index < -0.39 is 0 Å². The van der Waals surface area contributed by atoms with Crippen LogP contribution in [0, 0.1) is 0 Å². The number of aromatic amines is 1. The van der Waals surface area contributed by atoms with Crippen LogP contribution in [0.25, 0.3) is 0 Å². The standard InChI is InChI=1S/C15H22N6O2/c1-2-13-17-15(19-18-13)12-10-21(8-9-23-12)14(22)4-3-6-20-7-5-16-11-20/h5,7,11-12H,2-4,6,8-10H2,1H3,(H,17,18,19). The average molecular weight is 318 g/mol. The van der Waals surface area contributed by atoms with Crippen LogP contribution in [-0.2, 0) is 22.5 Å². The van der Waals surface area contributed by atoms with Crippen molar-refractivity contribution in [1.82, 2.24) is 29.6 Å². The van der Waals surface area contributed by atoms with Crippen LogP contribution in [0.4, 0.5) is 0 Å². The third-order valence-electron chi connectivity index (χ3n) is 3.96. The minimum absolute atomic E-state index is 0.157. The van der Waals surface area contributed by atoms with Gasteiger partial charge in [0.1, 0.15) is 11.9 Å². The topological polar surface area (TPSA) is 88.9 Å². The van der Waals surface area contributed by atoms with E-state index in [1.807, 2.05) is 22.6 Å². The molecular formula is C15H22N6O2. The highest BCUT2D eigenvalue weighted by Crippen LogP contribution is 2.20. The number of nitrogens with zero attached hydrogens (tertiary/aromatic N) is 5. The SMILES string of the molecule is CCc1nc(C2CN(C(=O)CCCn3ccnc3)CCO2)n[nH]1. The molecule has 2 aromatic heterocycles. The molecule has 3 rings (SSSR count). The fourth-order valence-corrected chi connectivity index (χ4v) is 2.63. The molecule has 1 N–H and O–H groups in total. The molecule has 0 spiro atoms. The Hall–Kier alpha value is -2.22. The summed E-state index contributed by atoms with van der Waals surface area (Å²) in [5.74, 6) is 1.63. The molecule has 0 aromatic carbocycles. The van der Waals surface area contributed by atoms with Crippen molar-refractivity contribution in [3.63, 3.8) is 0 Å². The fourth-order valence-electron chi connectivity index (χ4n) is 2.63. The highest BCUT2D eigenvalue weighted by molar-refractivity contribution is 5.76. The number of carbonyl (C=O) groups excluding carboxylic acids is 1. The van der Waals surface area contributed by atoms with E-state index in [9.17, 15) is 4.79 Å². The van der Waals surface area contributed by atoms with Crippen LogP contribution >= 0.6 is 0 Å². The molecule has 1 atom stereocenters. The van der Waals surface area contributed by atoms with Crippen molar-refractivity contribution in [3.05, 3.63) is 30.4 Å². The molecule has 8 nitrogen and oxygen atoms in total. The number of rotatable bonds is 6. The molecule has 0 aliphatic carbocycles. The number of carbonyl (C=O) groups is 1. The molecule has 1 aliphatic rings. The van der Waals surface area contributed by atoms with Gasteiger partial charge < -0.3 is 14.2 Å². The number of amides is 1. The van der Waals surface area contributed by atoms with Gasteiger partial charge in [0, 0.05) is 38.3 Å². The Labute approximate surface area is 134 Å². The van der Waals surface area contributed by atoms with Crippen molar-refractivity contribution in [2.24, 2.45) is 0 Å². The molecule has 0 saturated carbocycles. The second-order valence-electron chi connectivity index (χ2n) is 5.60. The molecule has 124 valence electrons. The van der Waals surface area contributed by atoms with E-state index in [0.717, 1.165) is 25.2 Å². The van der Waals surface area contributed by atoms with Crippen molar-refractivity contribution in [2.75, 3.05) is 19.7 Å². The maximum absolute atomic E-state index is 12.4. The minimum Gasteiger partial charge on any atom is -0.366 e. The first kappa shape index (κ1) is 15.7. The van der Waals surface area contributed by atoms with Gasteiger partial charge in [-0.05, 0) is 6.42 Å². The summed E-state index contributed by atoms with van der Waals surface area (Å²) in [6, 6.07) is 0. The van der Waals surface area contributed by atoms with Crippen LogP contribution in [0.15, 0.2) is 18.7 Å². The second kappa shape index (κ2) is 7.36. The zero-order valence-corrected chi connectivity index (χ0v) is 13.3. The number of imidazole rings is 1. The molecule has 1 aliphatic heterocycles. The molecule has 1 amide bonds. The van der Waals surface area contributed by atoms with Crippen molar-refractivity contribution in [1.29, 1.82) is 0 Å². The maximum atomic E-state index is 12.4. The molecule has 0 bridgehead atoms. The molecule has 1 unspecified atom stereocenters. The zero-order chi connectivity index (χ0) is 16.1. The van der Waals surface area contributed by atoms with Crippen molar-refractivity contribution < 1.29 is 9.53 Å². The number of aromatic nitrogens is 5. The number of H-pyrrole nitrogens is 1. The molecule has 0 radical (unpaired) electrons.